The van der Waals surface area contributed by atoms with Crippen LogP contribution in [0.1, 0.15) is 10.4 Å². The largest absolute Gasteiger partial charge is 0.340 e. The molecule has 0 atom stereocenters. The van der Waals surface area contributed by atoms with Crippen LogP contribution in [-0.2, 0) is 17.8 Å². The van der Waals surface area contributed by atoms with Crippen LogP contribution in [0.4, 0.5) is 11.5 Å². The van der Waals surface area contributed by atoms with Gasteiger partial charge >= 0.3 is 0 Å². The van der Waals surface area contributed by atoms with E-state index in [1.54, 1.807) is 23.7 Å². The maximum absolute atomic E-state index is 12.5. The Kier molecular flexibility index (Phi) is 5.36. The first-order chi connectivity index (χ1) is 13.6. The second-order valence-electron chi connectivity index (χ2n) is 7.07. The minimum Gasteiger partial charge on any atom is -0.340 e. The number of fused-ring (bicyclic) bond motifs is 3. The molecule has 1 aliphatic heterocycles. The van der Waals surface area contributed by atoms with Crippen molar-refractivity contribution in [1.82, 2.24) is 19.8 Å². The molecular formula is C21H23N5OS. The van der Waals surface area contributed by atoms with Crippen molar-refractivity contribution < 1.29 is 4.79 Å². The topological polar surface area (TPSA) is 61.4 Å². The van der Waals surface area contributed by atoms with Crippen LogP contribution in [0.3, 0.4) is 0 Å². The summed E-state index contributed by atoms with van der Waals surface area (Å²) in [7, 11) is 3.97. The van der Waals surface area contributed by atoms with Gasteiger partial charge < -0.3 is 15.1 Å². The second kappa shape index (κ2) is 8.08. The number of carbonyl (C=O) groups is 1. The molecule has 7 heteroatoms. The van der Waals surface area contributed by atoms with Gasteiger partial charge in [0.15, 0.2) is 0 Å². The van der Waals surface area contributed by atoms with Crippen LogP contribution in [0, 0.1) is 0 Å². The summed E-state index contributed by atoms with van der Waals surface area (Å²) in [5.74, 6) is 0.901. The van der Waals surface area contributed by atoms with Gasteiger partial charge in [0.1, 0.15) is 17.0 Å². The van der Waals surface area contributed by atoms with Crippen molar-refractivity contribution in [3.63, 3.8) is 0 Å². The zero-order valence-corrected chi connectivity index (χ0v) is 16.9. The number of nitrogens with zero attached hydrogens (tertiary/aromatic N) is 4. The number of carbonyl (C=O) groups excluding carboxylic acids is 1. The third-order valence-corrected chi connectivity index (χ3v) is 5.84. The molecule has 0 aliphatic carbocycles. The van der Waals surface area contributed by atoms with E-state index in [4.69, 9.17) is 0 Å². The summed E-state index contributed by atoms with van der Waals surface area (Å²) in [5.41, 5.74) is 2.27. The monoisotopic (exact) mass is 393 g/mol. The second-order valence-corrected chi connectivity index (χ2v) is 8.16. The number of anilines is 2. The van der Waals surface area contributed by atoms with E-state index in [1.165, 1.54) is 10.4 Å². The van der Waals surface area contributed by atoms with Gasteiger partial charge in [0.2, 0.25) is 5.91 Å². The summed E-state index contributed by atoms with van der Waals surface area (Å²) in [6.07, 6.45) is 6.01. The molecule has 0 radical (unpaired) electrons. The number of thiophene rings is 1. The van der Waals surface area contributed by atoms with Crippen LogP contribution in [0.15, 0.2) is 48.8 Å². The first-order valence-corrected chi connectivity index (χ1v) is 10.1. The van der Waals surface area contributed by atoms with E-state index < -0.39 is 0 Å². The Morgan fingerprint density at radius 1 is 1.29 bits per heavy atom. The van der Waals surface area contributed by atoms with E-state index in [2.05, 4.69) is 15.3 Å². The van der Waals surface area contributed by atoms with Gasteiger partial charge in [-0.2, -0.15) is 0 Å². The average molecular weight is 394 g/mol. The summed E-state index contributed by atoms with van der Waals surface area (Å²) in [4.78, 5) is 27.6. The lowest BCUT2D eigenvalue weighted by atomic mass is 10.0. The van der Waals surface area contributed by atoms with Crippen LogP contribution in [0.2, 0.25) is 0 Å². The van der Waals surface area contributed by atoms with Gasteiger partial charge in [-0.15, -0.1) is 11.3 Å². The van der Waals surface area contributed by atoms with Crippen molar-refractivity contribution in [2.45, 2.75) is 13.0 Å². The number of para-hydroxylation sites is 1. The molecular weight excluding hydrogens is 370 g/mol. The number of rotatable bonds is 5. The Balaban J connectivity index is 1.58. The zero-order chi connectivity index (χ0) is 19.5. The Bertz CT molecular complexity index is 1010. The molecule has 2 aromatic heterocycles. The first-order valence-electron chi connectivity index (χ1n) is 9.29. The summed E-state index contributed by atoms with van der Waals surface area (Å²) < 4.78 is 0. The molecule has 3 aromatic rings. The van der Waals surface area contributed by atoms with Gasteiger partial charge in [0, 0.05) is 29.7 Å². The molecule has 28 heavy (non-hydrogen) atoms. The summed E-state index contributed by atoms with van der Waals surface area (Å²) >= 11 is 1.66. The van der Waals surface area contributed by atoms with Crippen molar-refractivity contribution in [3.05, 3.63) is 59.3 Å². The van der Waals surface area contributed by atoms with Crippen molar-refractivity contribution >= 4 is 39.0 Å². The number of benzene rings is 1. The van der Waals surface area contributed by atoms with Gasteiger partial charge in [-0.1, -0.05) is 24.3 Å². The van der Waals surface area contributed by atoms with Crippen LogP contribution < -0.4 is 5.32 Å². The molecule has 0 spiro atoms. The molecule has 1 N–H and O–H groups in total. The molecule has 1 aromatic carbocycles. The minimum absolute atomic E-state index is 0.0682. The molecule has 6 nitrogen and oxygen atoms in total. The SMILES string of the molecule is CN(C)C/C=C/C(=O)N1CCc2c(sc3ncnc(Nc4ccccc4)c23)C1. The normalized spacial score (nSPS) is 14.0. The van der Waals surface area contributed by atoms with Crippen molar-refractivity contribution in [2.75, 3.05) is 32.5 Å². The van der Waals surface area contributed by atoms with E-state index in [9.17, 15) is 4.79 Å². The maximum Gasteiger partial charge on any atom is 0.246 e. The number of hydrogen-bond acceptors (Lipinski definition) is 6. The maximum atomic E-state index is 12.5. The van der Waals surface area contributed by atoms with Gasteiger partial charge in [0.05, 0.1) is 11.9 Å². The smallest absolute Gasteiger partial charge is 0.246 e. The van der Waals surface area contributed by atoms with E-state index in [-0.39, 0.29) is 5.91 Å². The van der Waals surface area contributed by atoms with E-state index in [0.717, 1.165) is 34.7 Å². The van der Waals surface area contributed by atoms with Crippen LogP contribution in [-0.4, -0.2) is 52.9 Å². The van der Waals surface area contributed by atoms with Gasteiger partial charge in [-0.25, -0.2) is 9.97 Å². The molecule has 144 valence electrons. The first kappa shape index (κ1) is 18.6. The van der Waals surface area contributed by atoms with Crippen LogP contribution >= 0.6 is 11.3 Å². The molecule has 3 heterocycles. The van der Waals surface area contributed by atoms with Crippen molar-refractivity contribution in [1.29, 1.82) is 0 Å². The lowest BCUT2D eigenvalue weighted by Gasteiger charge is -2.26. The Morgan fingerprint density at radius 2 is 2.11 bits per heavy atom. The van der Waals surface area contributed by atoms with E-state index in [0.29, 0.717) is 13.1 Å². The highest BCUT2D eigenvalue weighted by Gasteiger charge is 2.25. The average Bonchev–Trinajstić information content (AvgIpc) is 3.07. The van der Waals surface area contributed by atoms with Crippen molar-refractivity contribution in [3.8, 4) is 0 Å². The Labute approximate surface area is 168 Å². The highest BCUT2D eigenvalue weighted by Crippen LogP contribution is 2.38. The quantitative estimate of drug-likeness (QED) is 0.673. The number of hydrogen-bond donors (Lipinski definition) is 1. The minimum atomic E-state index is 0.0682. The molecule has 0 fully saturated rings. The lowest BCUT2D eigenvalue weighted by molar-refractivity contribution is -0.126. The predicted molar refractivity (Wildman–Crippen MR) is 114 cm³/mol. The van der Waals surface area contributed by atoms with Crippen molar-refractivity contribution in [2.24, 2.45) is 0 Å². The third kappa shape index (κ3) is 3.90. The predicted octanol–water partition coefficient (Wildman–Crippen LogP) is 3.44. The molecule has 0 bridgehead atoms. The molecule has 4 rings (SSSR count). The molecule has 0 unspecified atom stereocenters. The summed E-state index contributed by atoms with van der Waals surface area (Å²) in [6.45, 7) is 2.10. The molecule has 0 saturated carbocycles. The van der Waals surface area contributed by atoms with Gasteiger partial charge in [0.25, 0.3) is 0 Å². The standard InChI is InChI=1S/C21H23N5OS/c1-25(2)11-6-9-18(27)26-12-10-16-17(13-26)28-21-19(16)20(22-14-23-21)24-15-7-4-3-5-8-15/h3-9,14H,10-13H2,1-2H3,(H,22,23,24)/b9-6+. The fourth-order valence-electron chi connectivity index (χ4n) is 3.34. The number of amides is 1. The summed E-state index contributed by atoms with van der Waals surface area (Å²) in [6, 6.07) is 10.0. The Hall–Kier alpha value is -2.77. The van der Waals surface area contributed by atoms with E-state index in [1.807, 2.05) is 60.3 Å². The zero-order valence-electron chi connectivity index (χ0n) is 16.1. The molecule has 1 aliphatic rings. The highest BCUT2D eigenvalue weighted by atomic mass is 32.1. The summed E-state index contributed by atoms with van der Waals surface area (Å²) in [5, 5.41) is 4.50. The highest BCUT2D eigenvalue weighted by molar-refractivity contribution is 7.19. The van der Waals surface area contributed by atoms with Crippen LogP contribution in [0.5, 0.6) is 0 Å². The number of aromatic nitrogens is 2. The molecule has 1 amide bonds. The Morgan fingerprint density at radius 3 is 2.89 bits per heavy atom. The number of likely N-dealkylation sites (N-methyl/N-ethyl adjacent to an activating group) is 1. The van der Waals surface area contributed by atoms with E-state index >= 15 is 0 Å². The third-order valence-electron chi connectivity index (χ3n) is 4.72. The van der Waals surface area contributed by atoms with Gasteiger partial charge in [-0.3, -0.25) is 4.79 Å². The fourth-order valence-corrected chi connectivity index (χ4v) is 4.54. The lowest BCUT2D eigenvalue weighted by Crippen LogP contribution is -2.34. The fraction of sp³-hybridized carbons (Fsp3) is 0.286. The number of nitrogens with one attached hydrogen (secondary N) is 1. The van der Waals surface area contributed by atoms with Crippen LogP contribution in [0.25, 0.3) is 10.2 Å². The molecule has 0 saturated heterocycles. The van der Waals surface area contributed by atoms with Gasteiger partial charge in [-0.05, 0) is 38.2 Å².